The summed E-state index contributed by atoms with van der Waals surface area (Å²) < 4.78 is 0. The number of hydrogen-bond donors (Lipinski definition) is 1. The Balaban J connectivity index is 1.82. The van der Waals surface area contributed by atoms with Gasteiger partial charge in [0.1, 0.15) is 0 Å². The van der Waals surface area contributed by atoms with Crippen molar-refractivity contribution in [3.8, 4) is 0 Å². The fourth-order valence-corrected chi connectivity index (χ4v) is 3.94. The van der Waals surface area contributed by atoms with Crippen LogP contribution in [-0.4, -0.2) is 23.5 Å². The van der Waals surface area contributed by atoms with Crippen LogP contribution in [0.5, 0.6) is 0 Å². The molecule has 0 spiro atoms. The van der Waals surface area contributed by atoms with Gasteiger partial charge in [-0.2, -0.15) is 0 Å². The van der Waals surface area contributed by atoms with Crippen LogP contribution in [0.15, 0.2) is 4.99 Å². The van der Waals surface area contributed by atoms with E-state index in [0.29, 0.717) is 11.5 Å². The molecule has 0 amide bonds. The standard InChI is InChI=1S/C16H30N2S/c1-12-5-7-13(8-6-12)11-17-15-18-14(9-10-19-15)16(2,3)4/h12-14H,5-11H2,1-4H3,(H,17,18). The molecule has 0 radical (unpaired) electrons. The van der Waals surface area contributed by atoms with Crippen LogP contribution in [0.2, 0.25) is 0 Å². The molecule has 1 N–H and O–H groups in total. The van der Waals surface area contributed by atoms with Crippen molar-refractivity contribution in [1.82, 2.24) is 5.32 Å². The molecule has 0 aromatic rings. The van der Waals surface area contributed by atoms with E-state index in [2.05, 4.69) is 33.0 Å². The molecule has 1 unspecified atom stereocenters. The Morgan fingerprint density at radius 3 is 2.47 bits per heavy atom. The number of aliphatic imine (C=N–C) groups is 1. The highest BCUT2D eigenvalue weighted by molar-refractivity contribution is 8.13. The van der Waals surface area contributed by atoms with Crippen molar-refractivity contribution in [2.45, 2.75) is 65.8 Å². The molecule has 3 heteroatoms. The fourth-order valence-electron chi connectivity index (χ4n) is 3.00. The second-order valence-corrected chi connectivity index (χ2v) is 8.56. The molecule has 2 nitrogen and oxygen atoms in total. The van der Waals surface area contributed by atoms with E-state index in [4.69, 9.17) is 4.99 Å². The van der Waals surface area contributed by atoms with Crippen LogP contribution in [0.4, 0.5) is 0 Å². The lowest BCUT2D eigenvalue weighted by Gasteiger charge is -2.35. The van der Waals surface area contributed by atoms with Gasteiger partial charge < -0.3 is 5.32 Å². The van der Waals surface area contributed by atoms with Crippen molar-refractivity contribution >= 4 is 16.9 Å². The summed E-state index contributed by atoms with van der Waals surface area (Å²) in [5.74, 6) is 2.99. The molecule has 2 fully saturated rings. The zero-order valence-electron chi connectivity index (χ0n) is 13.0. The number of nitrogens with one attached hydrogen (secondary N) is 1. The molecule has 1 atom stereocenters. The largest absolute Gasteiger partial charge is 0.362 e. The maximum Gasteiger partial charge on any atom is 0.156 e. The van der Waals surface area contributed by atoms with Gasteiger partial charge in [0.15, 0.2) is 5.17 Å². The molecule has 2 aliphatic rings. The first kappa shape index (κ1) is 15.2. The van der Waals surface area contributed by atoms with Crippen molar-refractivity contribution in [3.63, 3.8) is 0 Å². The Kier molecular flexibility index (Phi) is 5.22. The van der Waals surface area contributed by atoms with Gasteiger partial charge in [0.2, 0.25) is 0 Å². The van der Waals surface area contributed by atoms with Gasteiger partial charge in [-0.1, -0.05) is 52.3 Å². The van der Waals surface area contributed by atoms with Crippen LogP contribution in [-0.2, 0) is 0 Å². The van der Waals surface area contributed by atoms with Crippen LogP contribution in [0.1, 0.15) is 59.8 Å². The van der Waals surface area contributed by atoms with Crippen LogP contribution >= 0.6 is 11.8 Å². The fraction of sp³-hybridized carbons (Fsp3) is 0.938. The Morgan fingerprint density at radius 2 is 1.84 bits per heavy atom. The van der Waals surface area contributed by atoms with E-state index in [1.54, 1.807) is 0 Å². The van der Waals surface area contributed by atoms with E-state index < -0.39 is 0 Å². The van der Waals surface area contributed by atoms with Crippen molar-refractivity contribution in [2.24, 2.45) is 22.2 Å². The third kappa shape index (κ3) is 4.70. The Morgan fingerprint density at radius 1 is 1.16 bits per heavy atom. The minimum absolute atomic E-state index is 0.335. The Hall–Kier alpha value is -0.180. The minimum atomic E-state index is 0.335. The Bertz CT molecular complexity index is 311. The maximum absolute atomic E-state index is 4.86. The summed E-state index contributed by atoms with van der Waals surface area (Å²) in [4.78, 5) is 4.86. The molecule has 1 saturated heterocycles. The Labute approximate surface area is 123 Å². The summed E-state index contributed by atoms with van der Waals surface area (Å²) >= 11 is 1.91. The van der Waals surface area contributed by atoms with E-state index in [-0.39, 0.29) is 0 Å². The van der Waals surface area contributed by atoms with E-state index in [1.165, 1.54) is 43.0 Å². The molecule has 1 heterocycles. The highest BCUT2D eigenvalue weighted by Crippen LogP contribution is 2.30. The highest BCUT2D eigenvalue weighted by atomic mass is 32.2. The normalized spacial score (nSPS) is 35.2. The molecule has 1 aliphatic carbocycles. The topological polar surface area (TPSA) is 24.4 Å². The summed E-state index contributed by atoms with van der Waals surface area (Å²) in [6.07, 6.45) is 6.83. The maximum atomic E-state index is 4.86. The van der Waals surface area contributed by atoms with Gasteiger partial charge in [0.05, 0.1) is 0 Å². The predicted molar refractivity (Wildman–Crippen MR) is 86.9 cm³/mol. The average Bonchev–Trinajstić information content (AvgIpc) is 2.37. The lowest BCUT2D eigenvalue weighted by molar-refractivity contribution is 0.287. The first-order valence-corrected chi connectivity index (χ1v) is 8.87. The number of thioether (sulfide) groups is 1. The van der Waals surface area contributed by atoms with E-state index >= 15 is 0 Å². The molecule has 1 aliphatic heterocycles. The SMILES string of the molecule is CC1CCC(CN=C2NC(C(C)(C)C)CCS2)CC1. The lowest BCUT2D eigenvalue weighted by atomic mass is 9.83. The van der Waals surface area contributed by atoms with Crippen LogP contribution in [0.25, 0.3) is 0 Å². The summed E-state index contributed by atoms with van der Waals surface area (Å²) in [7, 11) is 0. The van der Waals surface area contributed by atoms with Crippen LogP contribution in [0, 0.1) is 17.3 Å². The second-order valence-electron chi connectivity index (χ2n) is 7.47. The second kappa shape index (κ2) is 6.51. The van der Waals surface area contributed by atoms with Gasteiger partial charge in [-0.3, -0.25) is 4.99 Å². The molecule has 0 aromatic carbocycles. The van der Waals surface area contributed by atoms with Crippen molar-refractivity contribution in [3.05, 3.63) is 0 Å². The zero-order valence-corrected chi connectivity index (χ0v) is 13.9. The van der Waals surface area contributed by atoms with Crippen molar-refractivity contribution in [1.29, 1.82) is 0 Å². The molecule has 2 rings (SSSR count). The zero-order chi connectivity index (χ0) is 13.9. The predicted octanol–water partition coefficient (Wildman–Crippen LogP) is 4.31. The minimum Gasteiger partial charge on any atom is -0.362 e. The van der Waals surface area contributed by atoms with Gasteiger partial charge in [-0.25, -0.2) is 0 Å². The highest BCUT2D eigenvalue weighted by Gasteiger charge is 2.28. The molecular weight excluding hydrogens is 252 g/mol. The van der Waals surface area contributed by atoms with E-state index in [0.717, 1.165) is 18.4 Å². The monoisotopic (exact) mass is 282 g/mol. The number of nitrogens with zero attached hydrogens (tertiary/aromatic N) is 1. The van der Waals surface area contributed by atoms with Crippen LogP contribution in [0.3, 0.4) is 0 Å². The van der Waals surface area contributed by atoms with Gasteiger partial charge in [-0.15, -0.1) is 0 Å². The third-order valence-corrected chi connectivity index (χ3v) is 5.58. The number of rotatable bonds is 2. The lowest BCUT2D eigenvalue weighted by Crippen LogP contribution is -2.46. The summed E-state index contributed by atoms with van der Waals surface area (Å²) in [5, 5.41) is 4.85. The third-order valence-electron chi connectivity index (χ3n) is 4.62. The van der Waals surface area contributed by atoms with Gasteiger partial charge in [-0.05, 0) is 36.5 Å². The molecule has 0 aromatic heterocycles. The van der Waals surface area contributed by atoms with E-state index in [1.807, 2.05) is 11.8 Å². The van der Waals surface area contributed by atoms with Crippen molar-refractivity contribution < 1.29 is 0 Å². The first-order valence-electron chi connectivity index (χ1n) is 7.89. The molecule has 1 saturated carbocycles. The molecule has 19 heavy (non-hydrogen) atoms. The van der Waals surface area contributed by atoms with Crippen molar-refractivity contribution in [2.75, 3.05) is 12.3 Å². The molecular formula is C16H30N2S. The number of hydrogen-bond acceptors (Lipinski definition) is 2. The quantitative estimate of drug-likeness (QED) is 0.816. The van der Waals surface area contributed by atoms with Crippen LogP contribution < -0.4 is 5.32 Å². The summed E-state index contributed by atoms with van der Waals surface area (Å²) in [6, 6.07) is 0.582. The number of amidine groups is 1. The smallest absolute Gasteiger partial charge is 0.156 e. The first-order chi connectivity index (χ1) is 8.95. The van der Waals surface area contributed by atoms with E-state index in [9.17, 15) is 0 Å². The molecule has 110 valence electrons. The average molecular weight is 282 g/mol. The van der Waals surface area contributed by atoms with Gasteiger partial charge >= 0.3 is 0 Å². The van der Waals surface area contributed by atoms with Gasteiger partial charge in [0, 0.05) is 18.3 Å². The summed E-state index contributed by atoms with van der Waals surface area (Å²) in [6.45, 7) is 10.4. The molecule has 0 bridgehead atoms. The van der Waals surface area contributed by atoms with Gasteiger partial charge in [0.25, 0.3) is 0 Å². The summed E-state index contributed by atoms with van der Waals surface area (Å²) in [5.41, 5.74) is 0.335.